The standard InChI is InChI=1S/C23H27ClN2O4/c1-4-10-25-22(27)20-14-26(23(28)15-6-5-7-16(24)11-15)13-19(20)18-12-17(29-2)8-9-21(18)30-3/h5-9,11-12,19-20H,4,10,13-14H2,1-3H3,(H,25,27)/t19-,20-/m0/s1. The van der Waals surface area contributed by atoms with Crippen LogP contribution in [0.25, 0.3) is 0 Å². The number of rotatable bonds is 7. The fourth-order valence-electron chi connectivity index (χ4n) is 3.86. The topological polar surface area (TPSA) is 67.9 Å². The van der Waals surface area contributed by atoms with E-state index in [9.17, 15) is 9.59 Å². The first kappa shape index (κ1) is 22.0. The lowest BCUT2D eigenvalue weighted by Crippen LogP contribution is -2.36. The highest BCUT2D eigenvalue weighted by Crippen LogP contribution is 2.40. The molecule has 1 N–H and O–H groups in total. The second kappa shape index (κ2) is 9.85. The summed E-state index contributed by atoms with van der Waals surface area (Å²) in [4.78, 5) is 27.8. The Hall–Kier alpha value is -2.73. The second-order valence-electron chi connectivity index (χ2n) is 7.33. The number of amides is 2. The van der Waals surface area contributed by atoms with Crippen LogP contribution in [0.3, 0.4) is 0 Å². The monoisotopic (exact) mass is 430 g/mol. The molecular formula is C23H27ClN2O4. The first-order valence-electron chi connectivity index (χ1n) is 10.0. The number of likely N-dealkylation sites (tertiary alicyclic amines) is 1. The van der Waals surface area contributed by atoms with E-state index < -0.39 is 0 Å². The number of carbonyl (C=O) groups excluding carboxylic acids is 2. The highest BCUT2D eigenvalue weighted by atomic mass is 35.5. The Morgan fingerprint density at radius 3 is 2.60 bits per heavy atom. The van der Waals surface area contributed by atoms with Crippen LogP contribution in [0.15, 0.2) is 42.5 Å². The van der Waals surface area contributed by atoms with Gasteiger partial charge >= 0.3 is 0 Å². The predicted molar refractivity (Wildman–Crippen MR) is 116 cm³/mol. The minimum absolute atomic E-state index is 0.0619. The van der Waals surface area contributed by atoms with Gasteiger partial charge in [0.05, 0.1) is 20.1 Å². The first-order chi connectivity index (χ1) is 14.5. The highest BCUT2D eigenvalue weighted by molar-refractivity contribution is 6.30. The van der Waals surface area contributed by atoms with Crippen molar-refractivity contribution in [2.45, 2.75) is 19.3 Å². The van der Waals surface area contributed by atoms with Crippen molar-refractivity contribution in [1.29, 1.82) is 0 Å². The fraction of sp³-hybridized carbons (Fsp3) is 0.391. The normalized spacial score (nSPS) is 18.2. The van der Waals surface area contributed by atoms with Gasteiger partial charge in [-0.05, 0) is 42.8 Å². The van der Waals surface area contributed by atoms with Gasteiger partial charge in [0.2, 0.25) is 5.91 Å². The lowest BCUT2D eigenvalue weighted by molar-refractivity contribution is -0.124. The zero-order valence-corrected chi connectivity index (χ0v) is 18.2. The van der Waals surface area contributed by atoms with Crippen LogP contribution < -0.4 is 14.8 Å². The fourth-order valence-corrected chi connectivity index (χ4v) is 4.05. The molecule has 2 atom stereocenters. The Morgan fingerprint density at radius 2 is 1.93 bits per heavy atom. The van der Waals surface area contributed by atoms with E-state index in [1.165, 1.54) is 0 Å². The molecule has 1 heterocycles. The molecule has 2 aromatic carbocycles. The smallest absolute Gasteiger partial charge is 0.253 e. The summed E-state index contributed by atoms with van der Waals surface area (Å²) in [5.74, 6) is 0.545. The van der Waals surface area contributed by atoms with Crippen molar-refractivity contribution in [2.75, 3.05) is 33.9 Å². The lowest BCUT2D eigenvalue weighted by Gasteiger charge is -2.21. The van der Waals surface area contributed by atoms with Crippen molar-refractivity contribution in [3.8, 4) is 11.5 Å². The van der Waals surface area contributed by atoms with Crippen LogP contribution in [-0.2, 0) is 4.79 Å². The lowest BCUT2D eigenvalue weighted by atomic mass is 9.87. The Balaban J connectivity index is 1.95. The average molecular weight is 431 g/mol. The molecule has 7 heteroatoms. The number of benzene rings is 2. The molecule has 2 aromatic rings. The van der Waals surface area contributed by atoms with Crippen LogP contribution in [0.4, 0.5) is 0 Å². The largest absolute Gasteiger partial charge is 0.497 e. The van der Waals surface area contributed by atoms with E-state index in [4.69, 9.17) is 21.1 Å². The molecule has 0 radical (unpaired) electrons. The Labute approximate surface area is 182 Å². The van der Waals surface area contributed by atoms with Crippen molar-refractivity contribution >= 4 is 23.4 Å². The summed E-state index contributed by atoms with van der Waals surface area (Å²) in [7, 11) is 3.20. The van der Waals surface area contributed by atoms with Crippen molar-refractivity contribution in [3.05, 3.63) is 58.6 Å². The number of halogens is 1. The van der Waals surface area contributed by atoms with Gasteiger partial charge < -0.3 is 19.7 Å². The summed E-state index contributed by atoms with van der Waals surface area (Å²) in [6.07, 6.45) is 0.844. The quantitative estimate of drug-likeness (QED) is 0.726. The summed E-state index contributed by atoms with van der Waals surface area (Å²) in [6.45, 7) is 3.33. The molecule has 160 valence electrons. The molecule has 6 nitrogen and oxygen atoms in total. The molecule has 0 unspecified atom stereocenters. The van der Waals surface area contributed by atoms with Crippen LogP contribution in [0.1, 0.15) is 35.2 Å². The third-order valence-electron chi connectivity index (χ3n) is 5.40. The van der Waals surface area contributed by atoms with Gasteiger partial charge in [0.15, 0.2) is 0 Å². The van der Waals surface area contributed by atoms with Gasteiger partial charge in [-0.2, -0.15) is 0 Å². The molecule has 1 saturated heterocycles. The zero-order valence-electron chi connectivity index (χ0n) is 17.5. The van der Waals surface area contributed by atoms with Crippen molar-refractivity contribution in [2.24, 2.45) is 5.92 Å². The van der Waals surface area contributed by atoms with Gasteiger partial charge in [0.1, 0.15) is 11.5 Å². The SMILES string of the molecule is CCCNC(=O)[C@H]1CN(C(=O)c2cccc(Cl)c2)C[C@H]1c1cc(OC)ccc1OC. The summed E-state index contributed by atoms with van der Waals surface area (Å²) >= 11 is 6.06. The number of ether oxygens (including phenoxy) is 2. The Bertz CT molecular complexity index is 918. The number of hydrogen-bond donors (Lipinski definition) is 1. The first-order valence-corrected chi connectivity index (χ1v) is 10.4. The Kier molecular flexibility index (Phi) is 7.21. The maximum Gasteiger partial charge on any atom is 0.253 e. The van der Waals surface area contributed by atoms with Crippen molar-refractivity contribution in [3.63, 3.8) is 0 Å². The van der Waals surface area contributed by atoms with E-state index in [2.05, 4.69) is 5.32 Å². The summed E-state index contributed by atoms with van der Waals surface area (Å²) in [6, 6.07) is 12.4. The molecule has 0 bridgehead atoms. The van der Waals surface area contributed by atoms with E-state index in [1.807, 2.05) is 25.1 Å². The molecule has 1 aliphatic rings. The summed E-state index contributed by atoms with van der Waals surface area (Å²) in [5, 5.41) is 3.48. The van der Waals surface area contributed by atoms with E-state index in [0.29, 0.717) is 41.7 Å². The van der Waals surface area contributed by atoms with Crippen molar-refractivity contribution < 1.29 is 19.1 Å². The van der Waals surface area contributed by atoms with Gasteiger partial charge in [-0.1, -0.05) is 24.6 Å². The number of carbonyl (C=O) groups is 2. The minimum Gasteiger partial charge on any atom is -0.497 e. The maximum atomic E-state index is 13.1. The minimum atomic E-state index is -0.388. The molecule has 1 aliphatic heterocycles. The Morgan fingerprint density at radius 1 is 1.13 bits per heavy atom. The van der Waals surface area contributed by atoms with E-state index in [0.717, 1.165) is 12.0 Å². The third-order valence-corrected chi connectivity index (χ3v) is 5.64. The van der Waals surface area contributed by atoms with E-state index in [1.54, 1.807) is 43.4 Å². The van der Waals surface area contributed by atoms with Crippen LogP contribution in [0.2, 0.25) is 5.02 Å². The molecule has 1 fully saturated rings. The molecule has 30 heavy (non-hydrogen) atoms. The number of methoxy groups -OCH3 is 2. The molecule has 0 saturated carbocycles. The zero-order chi connectivity index (χ0) is 21.7. The van der Waals surface area contributed by atoms with Crippen LogP contribution in [0.5, 0.6) is 11.5 Å². The number of nitrogens with one attached hydrogen (secondary N) is 1. The van der Waals surface area contributed by atoms with Gasteiger partial charge in [-0.3, -0.25) is 9.59 Å². The van der Waals surface area contributed by atoms with E-state index >= 15 is 0 Å². The maximum absolute atomic E-state index is 13.1. The molecule has 2 amide bonds. The van der Waals surface area contributed by atoms with Gasteiger partial charge in [0, 0.05) is 41.7 Å². The van der Waals surface area contributed by atoms with Crippen LogP contribution in [-0.4, -0.2) is 50.6 Å². The molecule has 0 spiro atoms. The molecule has 0 aromatic heterocycles. The molecule has 0 aliphatic carbocycles. The summed E-state index contributed by atoms with van der Waals surface area (Å²) < 4.78 is 10.9. The highest BCUT2D eigenvalue weighted by Gasteiger charge is 2.41. The van der Waals surface area contributed by atoms with Crippen molar-refractivity contribution in [1.82, 2.24) is 10.2 Å². The van der Waals surface area contributed by atoms with Gasteiger partial charge in [0.25, 0.3) is 5.91 Å². The second-order valence-corrected chi connectivity index (χ2v) is 7.77. The van der Waals surface area contributed by atoms with E-state index in [-0.39, 0.29) is 23.7 Å². The average Bonchev–Trinajstić information content (AvgIpc) is 3.21. The molecule has 3 rings (SSSR count). The van der Waals surface area contributed by atoms with Gasteiger partial charge in [-0.25, -0.2) is 0 Å². The molecular weight excluding hydrogens is 404 g/mol. The summed E-state index contributed by atoms with van der Waals surface area (Å²) in [5.41, 5.74) is 1.36. The van der Waals surface area contributed by atoms with Gasteiger partial charge in [-0.15, -0.1) is 0 Å². The third kappa shape index (κ3) is 4.70. The number of nitrogens with zero attached hydrogens (tertiary/aromatic N) is 1. The number of hydrogen-bond acceptors (Lipinski definition) is 4. The predicted octanol–water partition coefficient (Wildman–Crippen LogP) is 3.74. The van der Waals surface area contributed by atoms with Crippen LogP contribution in [0, 0.1) is 5.92 Å². The van der Waals surface area contributed by atoms with Crippen LogP contribution >= 0.6 is 11.6 Å².